The number of hydrogen-bond donors (Lipinski definition) is 2. The molecule has 3 rings (SSSR count). The molecule has 0 unspecified atom stereocenters. The van der Waals surface area contributed by atoms with Crippen LogP contribution in [0.5, 0.6) is 5.75 Å². The van der Waals surface area contributed by atoms with Gasteiger partial charge in [0.25, 0.3) is 5.69 Å². The van der Waals surface area contributed by atoms with E-state index in [-0.39, 0.29) is 11.6 Å². The van der Waals surface area contributed by atoms with E-state index in [1.54, 1.807) is 12.1 Å². The molecule has 23 heavy (non-hydrogen) atoms. The third-order valence-corrected chi connectivity index (χ3v) is 4.73. The molecule has 7 heteroatoms. The molecule has 1 aliphatic heterocycles. The van der Waals surface area contributed by atoms with Gasteiger partial charge in [-0.3, -0.25) is 14.9 Å². The molecule has 0 bridgehead atoms. The number of nitro groups is 1. The van der Waals surface area contributed by atoms with Crippen LogP contribution in [0.3, 0.4) is 0 Å². The summed E-state index contributed by atoms with van der Waals surface area (Å²) in [6.45, 7) is 1.84. The summed E-state index contributed by atoms with van der Waals surface area (Å²) in [5.41, 5.74) is -0.0759. The standard InChI is InChI=1S/C16H21N3O4/c1-23-12-4-5-14(19(21)22)13(8-12)18-10-16(6-7-17-9-16)15(20)11-2-3-11/h4-5,8,11,17-18H,2-3,6-7,9-10H2,1H3/t16-/m0/s1. The van der Waals surface area contributed by atoms with Crippen LogP contribution >= 0.6 is 0 Å². The van der Waals surface area contributed by atoms with Gasteiger partial charge in [0.05, 0.1) is 17.4 Å². The molecule has 0 aromatic heterocycles. The Labute approximate surface area is 134 Å². The SMILES string of the molecule is COc1ccc([N+](=O)[O-])c(NC[C@]2(C(=O)C3CC3)CCNC2)c1. The van der Waals surface area contributed by atoms with Crippen LogP contribution < -0.4 is 15.4 Å². The summed E-state index contributed by atoms with van der Waals surface area (Å²) in [5.74, 6) is 1.02. The van der Waals surface area contributed by atoms with Gasteiger partial charge in [0.1, 0.15) is 17.2 Å². The Balaban J connectivity index is 1.80. The molecule has 1 aliphatic carbocycles. The quantitative estimate of drug-likeness (QED) is 0.589. The highest BCUT2D eigenvalue weighted by Gasteiger charge is 2.47. The summed E-state index contributed by atoms with van der Waals surface area (Å²) >= 11 is 0. The van der Waals surface area contributed by atoms with Gasteiger partial charge in [-0.1, -0.05) is 0 Å². The Morgan fingerprint density at radius 2 is 2.30 bits per heavy atom. The second-order valence-electron chi connectivity index (χ2n) is 6.34. The first kappa shape index (κ1) is 15.7. The molecule has 1 saturated carbocycles. The molecule has 0 radical (unpaired) electrons. The Bertz CT molecular complexity index is 622. The third kappa shape index (κ3) is 3.14. The normalized spacial score (nSPS) is 23.5. The van der Waals surface area contributed by atoms with Crippen LogP contribution in [0.4, 0.5) is 11.4 Å². The first-order valence-corrected chi connectivity index (χ1v) is 7.87. The van der Waals surface area contributed by atoms with Crippen molar-refractivity contribution in [1.82, 2.24) is 5.32 Å². The zero-order valence-corrected chi connectivity index (χ0v) is 13.1. The largest absolute Gasteiger partial charge is 0.497 e. The third-order valence-electron chi connectivity index (χ3n) is 4.73. The van der Waals surface area contributed by atoms with Crippen molar-refractivity contribution in [2.45, 2.75) is 19.3 Å². The molecular weight excluding hydrogens is 298 g/mol. The van der Waals surface area contributed by atoms with Gasteiger partial charge in [0.2, 0.25) is 0 Å². The minimum absolute atomic E-state index is 0.00854. The number of ether oxygens (including phenoxy) is 1. The molecule has 2 aliphatic rings. The molecule has 2 N–H and O–H groups in total. The highest BCUT2D eigenvalue weighted by Crippen LogP contribution is 2.40. The maximum absolute atomic E-state index is 12.7. The highest BCUT2D eigenvalue weighted by atomic mass is 16.6. The minimum Gasteiger partial charge on any atom is -0.497 e. The van der Waals surface area contributed by atoms with Crippen LogP contribution in [-0.2, 0) is 4.79 Å². The summed E-state index contributed by atoms with van der Waals surface area (Å²) < 4.78 is 5.14. The van der Waals surface area contributed by atoms with E-state index in [2.05, 4.69) is 10.6 Å². The Morgan fingerprint density at radius 1 is 1.52 bits per heavy atom. The van der Waals surface area contributed by atoms with Crippen molar-refractivity contribution in [2.24, 2.45) is 11.3 Å². The number of anilines is 1. The van der Waals surface area contributed by atoms with Gasteiger partial charge in [0.15, 0.2) is 0 Å². The van der Waals surface area contributed by atoms with E-state index in [0.717, 1.165) is 25.8 Å². The number of ketones is 1. The fourth-order valence-electron chi connectivity index (χ4n) is 3.18. The predicted molar refractivity (Wildman–Crippen MR) is 85.8 cm³/mol. The highest BCUT2D eigenvalue weighted by molar-refractivity contribution is 5.90. The molecule has 7 nitrogen and oxygen atoms in total. The maximum Gasteiger partial charge on any atom is 0.292 e. The zero-order valence-electron chi connectivity index (χ0n) is 13.1. The number of carbonyl (C=O) groups excluding carboxylic acids is 1. The number of nitrogens with zero attached hydrogens (tertiary/aromatic N) is 1. The second kappa shape index (κ2) is 6.16. The van der Waals surface area contributed by atoms with Crippen molar-refractivity contribution in [1.29, 1.82) is 0 Å². The van der Waals surface area contributed by atoms with Crippen LogP contribution in [0.15, 0.2) is 18.2 Å². The van der Waals surface area contributed by atoms with Crippen molar-refractivity contribution in [2.75, 3.05) is 32.1 Å². The number of nitrogens with one attached hydrogen (secondary N) is 2. The van der Waals surface area contributed by atoms with Crippen molar-refractivity contribution >= 4 is 17.2 Å². The van der Waals surface area contributed by atoms with Crippen molar-refractivity contribution in [3.8, 4) is 5.75 Å². The van der Waals surface area contributed by atoms with Gasteiger partial charge < -0.3 is 15.4 Å². The van der Waals surface area contributed by atoms with E-state index in [1.165, 1.54) is 13.2 Å². The predicted octanol–water partition coefficient (Wildman–Crippen LogP) is 1.97. The van der Waals surface area contributed by atoms with Crippen molar-refractivity contribution < 1.29 is 14.5 Å². The van der Waals surface area contributed by atoms with Gasteiger partial charge in [-0.15, -0.1) is 0 Å². The summed E-state index contributed by atoms with van der Waals surface area (Å²) in [7, 11) is 1.52. The lowest BCUT2D eigenvalue weighted by Gasteiger charge is -2.27. The molecule has 1 aromatic carbocycles. The molecule has 1 aromatic rings. The van der Waals surface area contributed by atoms with Gasteiger partial charge in [-0.2, -0.15) is 0 Å². The van der Waals surface area contributed by atoms with E-state index in [1.807, 2.05) is 0 Å². The lowest BCUT2D eigenvalue weighted by atomic mass is 9.80. The lowest BCUT2D eigenvalue weighted by molar-refractivity contribution is -0.384. The van der Waals surface area contributed by atoms with Crippen LogP contribution in [-0.4, -0.2) is 37.5 Å². The Morgan fingerprint density at radius 3 is 2.87 bits per heavy atom. The molecule has 1 heterocycles. The molecular formula is C16H21N3O4. The molecule has 0 spiro atoms. The Hall–Kier alpha value is -2.15. The Kier molecular flexibility index (Phi) is 4.21. The fourth-order valence-corrected chi connectivity index (χ4v) is 3.18. The fraction of sp³-hybridized carbons (Fsp3) is 0.562. The molecule has 1 saturated heterocycles. The lowest BCUT2D eigenvalue weighted by Crippen LogP contribution is -2.41. The number of Topliss-reactive ketones (excluding diaryl/α,β-unsaturated/α-hetero) is 1. The van der Waals surface area contributed by atoms with Crippen molar-refractivity contribution in [3.63, 3.8) is 0 Å². The number of rotatable bonds is 7. The summed E-state index contributed by atoms with van der Waals surface area (Å²) in [5, 5.41) is 17.6. The summed E-state index contributed by atoms with van der Waals surface area (Å²) in [6.07, 6.45) is 2.72. The van der Waals surface area contributed by atoms with Crippen molar-refractivity contribution in [3.05, 3.63) is 28.3 Å². The monoisotopic (exact) mass is 319 g/mol. The first-order chi connectivity index (χ1) is 11.1. The number of nitro benzene ring substituents is 1. The van der Waals surface area contributed by atoms with E-state index >= 15 is 0 Å². The average Bonchev–Trinajstić information content (AvgIpc) is 3.30. The molecule has 2 fully saturated rings. The van der Waals surface area contributed by atoms with Crippen LogP contribution in [0, 0.1) is 21.4 Å². The second-order valence-corrected chi connectivity index (χ2v) is 6.34. The van der Waals surface area contributed by atoms with E-state index in [0.29, 0.717) is 30.3 Å². The number of benzene rings is 1. The smallest absolute Gasteiger partial charge is 0.292 e. The van der Waals surface area contributed by atoms with Gasteiger partial charge in [-0.05, 0) is 31.9 Å². The maximum atomic E-state index is 12.7. The van der Waals surface area contributed by atoms with E-state index < -0.39 is 10.3 Å². The van der Waals surface area contributed by atoms with Gasteiger partial charge in [0, 0.05) is 31.1 Å². The number of carbonyl (C=O) groups is 1. The average molecular weight is 319 g/mol. The molecule has 1 atom stereocenters. The van der Waals surface area contributed by atoms with E-state index in [9.17, 15) is 14.9 Å². The molecule has 124 valence electrons. The number of hydrogen-bond acceptors (Lipinski definition) is 6. The number of methoxy groups -OCH3 is 1. The van der Waals surface area contributed by atoms with Crippen LogP contribution in [0.25, 0.3) is 0 Å². The van der Waals surface area contributed by atoms with Gasteiger partial charge >= 0.3 is 0 Å². The van der Waals surface area contributed by atoms with E-state index in [4.69, 9.17) is 4.74 Å². The summed E-state index contributed by atoms with van der Waals surface area (Å²) in [6, 6.07) is 4.59. The van der Waals surface area contributed by atoms with Gasteiger partial charge in [-0.25, -0.2) is 0 Å². The summed E-state index contributed by atoms with van der Waals surface area (Å²) in [4.78, 5) is 23.4. The molecule has 0 amide bonds. The zero-order chi connectivity index (χ0) is 16.4. The first-order valence-electron chi connectivity index (χ1n) is 7.87. The van der Waals surface area contributed by atoms with Crippen LogP contribution in [0.2, 0.25) is 0 Å². The van der Waals surface area contributed by atoms with Crippen LogP contribution in [0.1, 0.15) is 19.3 Å². The topological polar surface area (TPSA) is 93.5 Å². The minimum atomic E-state index is -0.460.